The summed E-state index contributed by atoms with van der Waals surface area (Å²) in [6.45, 7) is 5.13. The first-order chi connectivity index (χ1) is 9.27. The summed E-state index contributed by atoms with van der Waals surface area (Å²) in [6, 6.07) is 1.57. The molecule has 2 unspecified atom stereocenters. The molecule has 1 rings (SSSR count). The Balaban J connectivity index is 3.54. The summed E-state index contributed by atoms with van der Waals surface area (Å²) in [6.07, 6.45) is -0.195. The average molecular weight is 281 g/mol. The minimum Gasteiger partial charge on any atom is -0.478 e. The Bertz CT molecular complexity index is 495. The van der Waals surface area contributed by atoms with Crippen LogP contribution in [0.25, 0.3) is 0 Å². The van der Waals surface area contributed by atoms with E-state index in [1.165, 1.54) is 0 Å². The first kappa shape index (κ1) is 16.5. The molecule has 0 saturated carbocycles. The fourth-order valence-corrected chi connectivity index (χ4v) is 2.40. The predicted molar refractivity (Wildman–Crippen MR) is 78.0 cm³/mol. The molecule has 0 aliphatic carbocycles. The van der Waals surface area contributed by atoms with Crippen LogP contribution in [-0.4, -0.2) is 33.5 Å². The van der Waals surface area contributed by atoms with Gasteiger partial charge in [0.15, 0.2) is 0 Å². The van der Waals surface area contributed by atoms with E-state index in [0.29, 0.717) is 23.2 Å². The topological polar surface area (TPSA) is 104 Å². The van der Waals surface area contributed by atoms with Gasteiger partial charge in [-0.1, -0.05) is 6.92 Å². The lowest BCUT2D eigenvalue weighted by Gasteiger charge is -2.20. The Kier molecular flexibility index (Phi) is 5.53. The molecule has 0 aliphatic rings. The number of anilines is 1. The van der Waals surface area contributed by atoms with Crippen LogP contribution in [0.2, 0.25) is 0 Å². The van der Waals surface area contributed by atoms with Crippen molar-refractivity contribution < 1.29 is 20.1 Å². The van der Waals surface area contributed by atoms with Crippen molar-refractivity contribution in [2.45, 2.75) is 52.2 Å². The standard InChI is InChI=1S/C15H23NO4/c1-4-10-7-13(15(19)20)11(5-8(2)17)12(14(10)16)6-9(3)18/h7-9,17-18H,4-6,16H2,1-3H3,(H,19,20). The van der Waals surface area contributed by atoms with Crippen molar-refractivity contribution in [3.63, 3.8) is 0 Å². The van der Waals surface area contributed by atoms with E-state index in [4.69, 9.17) is 5.73 Å². The fourth-order valence-electron chi connectivity index (χ4n) is 2.40. The number of aryl methyl sites for hydroxylation is 1. The third kappa shape index (κ3) is 3.71. The largest absolute Gasteiger partial charge is 0.478 e. The molecule has 1 aromatic rings. The second-order valence-electron chi connectivity index (χ2n) is 5.22. The minimum atomic E-state index is -1.04. The van der Waals surface area contributed by atoms with E-state index in [0.717, 1.165) is 5.56 Å². The van der Waals surface area contributed by atoms with Crippen LogP contribution in [-0.2, 0) is 19.3 Å². The lowest BCUT2D eigenvalue weighted by molar-refractivity contribution is 0.0694. The molecule has 0 saturated heterocycles. The smallest absolute Gasteiger partial charge is 0.335 e. The number of hydrogen-bond acceptors (Lipinski definition) is 4. The highest BCUT2D eigenvalue weighted by atomic mass is 16.4. The van der Waals surface area contributed by atoms with E-state index in [1.807, 2.05) is 6.92 Å². The van der Waals surface area contributed by atoms with Crippen molar-refractivity contribution >= 4 is 11.7 Å². The van der Waals surface area contributed by atoms with Gasteiger partial charge < -0.3 is 21.1 Å². The molecule has 0 fully saturated rings. The second-order valence-corrected chi connectivity index (χ2v) is 5.22. The van der Waals surface area contributed by atoms with Crippen LogP contribution in [0.15, 0.2) is 6.07 Å². The normalized spacial score (nSPS) is 14.1. The Hall–Kier alpha value is -1.59. The van der Waals surface area contributed by atoms with Gasteiger partial charge in [0.2, 0.25) is 0 Å². The fraction of sp³-hybridized carbons (Fsp3) is 0.533. The van der Waals surface area contributed by atoms with Crippen molar-refractivity contribution in [3.8, 4) is 0 Å². The summed E-state index contributed by atoms with van der Waals surface area (Å²) in [4.78, 5) is 11.4. The molecule has 5 heteroatoms. The molecule has 112 valence electrons. The third-order valence-electron chi connectivity index (χ3n) is 3.29. The SMILES string of the molecule is CCc1cc(C(=O)O)c(CC(C)O)c(CC(C)O)c1N. The Morgan fingerprint density at radius 3 is 2.10 bits per heavy atom. The number of carboxylic acids is 1. The molecule has 0 aromatic heterocycles. The molecule has 5 N–H and O–H groups in total. The van der Waals surface area contributed by atoms with E-state index in [2.05, 4.69) is 0 Å². The summed E-state index contributed by atoms with van der Waals surface area (Å²) >= 11 is 0. The van der Waals surface area contributed by atoms with Crippen LogP contribution < -0.4 is 5.73 Å². The number of aliphatic hydroxyl groups excluding tert-OH is 2. The molecule has 0 aliphatic heterocycles. The summed E-state index contributed by atoms with van der Waals surface area (Å²) in [5.74, 6) is -1.04. The van der Waals surface area contributed by atoms with Gasteiger partial charge in [-0.3, -0.25) is 0 Å². The quantitative estimate of drug-likeness (QED) is 0.590. The molecule has 0 spiro atoms. The van der Waals surface area contributed by atoms with Crippen molar-refractivity contribution in [1.29, 1.82) is 0 Å². The highest BCUT2D eigenvalue weighted by molar-refractivity contribution is 5.91. The molecular formula is C15H23NO4. The first-order valence-corrected chi connectivity index (χ1v) is 6.80. The lowest BCUT2D eigenvalue weighted by atomic mass is 9.88. The minimum absolute atomic E-state index is 0.160. The number of nitrogen functional groups attached to an aromatic ring is 1. The number of aliphatic hydroxyl groups is 2. The highest BCUT2D eigenvalue weighted by Gasteiger charge is 2.21. The van der Waals surface area contributed by atoms with Crippen LogP contribution >= 0.6 is 0 Å². The molecule has 0 radical (unpaired) electrons. The van der Waals surface area contributed by atoms with Crippen molar-refractivity contribution in [2.24, 2.45) is 0 Å². The highest BCUT2D eigenvalue weighted by Crippen LogP contribution is 2.29. The number of rotatable bonds is 6. The monoisotopic (exact) mass is 281 g/mol. The number of carboxylic acid groups (broad SMARTS) is 1. The zero-order valence-electron chi connectivity index (χ0n) is 12.2. The number of benzene rings is 1. The van der Waals surface area contributed by atoms with Crippen LogP contribution in [0.3, 0.4) is 0 Å². The van der Waals surface area contributed by atoms with Crippen molar-refractivity contribution in [1.82, 2.24) is 0 Å². The van der Waals surface area contributed by atoms with Gasteiger partial charge in [0.1, 0.15) is 0 Å². The molecule has 1 aromatic carbocycles. The van der Waals surface area contributed by atoms with E-state index < -0.39 is 18.2 Å². The predicted octanol–water partition coefficient (Wildman–Crippen LogP) is 1.38. The maximum absolute atomic E-state index is 11.4. The van der Waals surface area contributed by atoms with Crippen molar-refractivity contribution in [3.05, 3.63) is 28.3 Å². The van der Waals surface area contributed by atoms with E-state index in [1.54, 1.807) is 19.9 Å². The van der Waals surface area contributed by atoms with Gasteiger partial charge in [-0.2, -0.15) is 0 Å². The van der Waals surface area contributed by atoms with Crippen LogP contribution in [0.1, 0.15) is 47.8 Å². The number of hydrogen-bond donors (Lipinski definition) is 4. The van der Waals surface area contributed by atoms with E-state index in [-0.39, 0.29) is 18.4 Å². The number of carbonyl (C=O) groups is 1. The molecular weight excluding hydrogens is 258 g/mol. The zero-order valence-corrected chi connectivity index (χ0v) is 12.2. The maximum Gasteiger partial charge on any atom is 0.335 e. The van der Waals surface area contributed by atoms with Gasteiger partial charge in [0.05, 0.1) is 17.8 Å². The molecule has 0 amide bonds. The number of nitrogens with two attached hydrogens (primary N) is 1. The summed E-state index contributed by atoms with van der Waals surface area (Å²) in [5, 5.41) is 28.6. The molecule has 5 nitrogen and oxygen atoms in total. The van der Waals surface area contributed by atoms with Gasteiger partial charge in [-0.05, 0) is 49.4 Å². The summed E-state index contributed by atoms with van der Waals surface area (Å²) in [5.41, 5.74) is 8.69. The zero-order chi connectivity index (χ0) is 15.4. The van der Waals surface area contributed by atoms with Crippen molar-refractivity contribution in [2.75, 3.05) is 5.73 Å². The number of aromatic carboxylic acids is 1. The average Bonchev–Trinajstić information content (AvgIpc) is 2.32. The maximum atomic E-state index is 11.4. The summed E-state index contributed by atoms with van der Waals surface area (Å²) < 4.78 is 0. The Labute approximate surface area is 119 Å². The van der Waals surface area contributed by atoms with Gasteiger partial charge in [0, 0.05) is 12.1 Å². The van der Waals surface area contributed by atoms with Crippen LogP contribution in [0, 0.1) is 0 Å². The lowest BCUT2D eigenvalue weighted by Crippen LogP contribution is -2.18. The van der Waals surface area contributed by atoms with Crippen LogP contribution in [0.4, 0.5) is 5.69 Å². The van der Waals surface area contributed by atoms with Gasteiger partial charge in [0.25, 0.3) is 0 Å². The van der Waals surface area contributed by atoms with Gasteiger partial charge in [-0.15, -0.1) is 0 Å². The third-order valence-corrected chi connectivity index (χ3v) is 3.29. The molecule has 20 heavy (non-hydrogen) atoms. The Morgan fingerprint density at radius 1 is 1.20 bits per heavy atom. The summed E-state index contributed by atoms with van der Waals surface area (Å²) in [7, 11) is 0. The molecule has 0 heterocycles. The molecule has 2 atom stereocenters. The van der Waals surface area contributed by atoms with Crippen LogP contribution in [0.5, 0.6) is 0 Å². The Morgan fingerprint density at radius 2 is 1.70 bits per heavy atom. The van der Waals surface area contributed by atoms with E-state index >= 15 is 0 Å². The second kappa shape index (κ2) is 6.72. The molecule has 0 bridgehead atoms. The van der Waals surface area contributed by atoms with Gasteiger partial charge in [-0.25, -0.2) is 4.79 Å². The first-order valence-electron chi connectivity index (χ1n) is 6.80. The van der Waals surface area contributed by atoms with E-state index in [9.17, 15) is 20.1 Å². The van der Waals surface area contributed by atoms with Gasteiger partial charge >= 0.3 is 5.97 Å².